The number of ether oxygens (including phenoxy) is 1. The SMILES string of the molecule is CC(C)(C)NCc1cc(COc2ccc(F)cc2)on1. The fourth-order valence-electron chi connectivity index (χ4n) is 1.55. The van der Waals surface area contributed by atoms with Crippen molar-refractivity contribution in [1.29, 1.82) is 0 Å². The van der Waals surface area contributed by atoms with Crippen molar-refractivity contribution in [1.82, 2.24) is 10.5 Å². The monoisotopic (exact) mass is 278 g/mol. The molecule has 0 aliphatic carbocycles. The van der Waals surface area contributed by atoms with Crippen molar-refractivity contribution < 1.29 is 13.7 Å². The third kappa shape index (κ3) is 4.66. The van der Waals surface area contributed by atoms with E-state index in [9.17, 15) is 4.39 Å². The van der Waals surface area contributed by atoms with Gasteiger partial charge in [-0.15, -0.1) is 0 Å². The maximum absolute atomic E-state index is 12.7. The summed E-state index contributed by atoms with van der Waals surface area (Å²) in [4.78, 5) is 0. The molecule has 1 aromatic carbocycles. The van der Waals surface area contributed by atoms with Gasteiger partial charge in [0.2, 0.25) is 0 Å². The van der Waals surface area contributed by atoms with Crippen LogP contribution in [0.3, 0.4) is 0 Å². The molecule has 1 N–H and O–H groups in total. The van der Waals surface area contributed by atoms with Gasteiger partial charge >= 0.3 is 0 Å². The minimum atomic E-state index is -0.285. The van der Waals surface area contributed by atoms with Crippen LogP contribution < -0.4 is 10.1 Å². The van der Waals surface area contributed by atoms with Crippen molar-refractivity contribution in [3.05, 3.63) is 47.6 Å². The van der Waals surface area contributed by atoms with Gasteiger partial charge < -0.3 is 14.6 Å². The van der Waals surface area contributed by atoms with Crippen LogP contribution in [0.5, 0.6) is 5.75 Å². The third-order valence-corrected chi connectivity index (χ3v) is 2.60. The van der Waals surface area contributed by atoms with E-state index in [4.69, 9.17) is 9.26 Å². The maximum atomic E-state index is 12.7. The van der Waals surface area contributed by atoms with Crippen molar-refractivity contribution in [2.75, 3.05) is 0 Å². The Labute approximate surface area is 117 Å². The van der Waals surface area contributed by atoms with Crippen LogP contribution in [0.15, 0.2) is 34.9 Å². The first kappa shape index (κ1) is 14.5. The van der Waals surface area contributed by atoms with Crippen LogP contribution in [-0.4, -0.2) is 10.7 Å². The fourth-order valence-corrected chi connectivity index (χ4v) is 1.55. The molecule has 0 bridgehead atoms. The van der Waals surface area contributed by atoms with Gasteiger partial charge in [-0.05, 0) is 45.0 Å². The highest BCUT2D eigenvalue weighted by atomic mass is 19.1. The van der Waals surface area contributed by atoms with E-state index in [1.165, 1.54) is 12.1 Å². The Balaban J connectivity index is 1.85. The number of halogens is 1. The molecule has 0 fully saturated rings. The Bertz CT molecular complexity index is 544. The van der Waals surface area contributed by atoms with Crippen molar-refractivity contribution in [3.8, 4) is 5.75 Å². The molecule has 0 unspecified atom stereocenters. The summed E-state index contributed by atoms with van der Waals surface area (Å²) in [7, 11) is 0. The largest absolute Gasteiger partial charge is 0.486 e. The Morgan fingerprint density at radius 2 is 1.95 bits per heavy atom. The first-order chi connectivity index (χ1) is 9.42. The van der Waals surface area contributed by atoms with E-state index in [0.29, 0.717) is 18.1 Å². The van der Waals surface area contributed by atoms with E-state index in [2.05, 4.69) is 31.2 Å². The Kier molecular flexibility index (Phi) is 4.39. The van der Waals surface area contributed by atoms with Crippen molar-refractivity contribution in [3.63, 3.8) is 0 Å². The molecular formula is C15H19FN2O2. The van der Waals surface area contributed by atoms with Crippen LogP contribution in [0.25, 0.3) is 0 Å². The maximum Gasteiger partial charge on any atom is 0.174 e. The minimum Gasteiger partial charge on any atom is -0.486 e. The van der Waals surface area contributed by atoms with Crippen LogP contribution in [0, 0.1) is 5.82 Å². The number of hydrogen-bond donors (Lipinski definition) is 1. The zero-order chi connectivity index (χ0) is 14.6. The molecule has 0 radical (unpaired) electrons. The number of rotatable bonds is 5. The van der Waals surface area contributed by atoms with E-state index in [-0.39, 0.29) is 18.0 Å². The average Bonchev–Trinajstić information content (AvgIpc) is 2.83. The minimum absolute atomic E-state index is 0.0315. The topological polar surface area (TPSA) is 47.3 Å². The van der Waals surface area contributed by atoms with E-state index in [0.717, 1.165) is 5.69 Å². The second-order valence-electron chi connectivity index (χ2n) is 5.63. The molecule has 0 amide bonds. The molecule has 0 saturated heterocycles. The second kappa shape index (κ2) is 6.05. The number of aromatic nitrogens is 1. The summed E-state index contributed by atoms with van der Waals surface area (Å²) in [5.41, 5.74) is 0.863. The molecular weight excluding hydrogens is 259 g/mol. The van der Waals surface area contributed by atoms with Gasteiger partial charge in [0.05, 0.1) is 5.69 Å². The Morgan fingerprint density at radius 3 is 2.60 bits per heavy atom. The predicted octanol–water partition coefficient (Wildman–Crippen LogP) is 3.28. The summed E-state index contributed by atoms with van der Waals surface area (Å²) in [6.07, 6.45) is 0. The van der Waals surface area contributed by atoms with Gasteiger partial charge in [-0.2, -0.15) is 0 Å². The molecule has 0 atom stereocenters. The van der Waals surface area contributed by atoms with E-state index in [1.54, 1.807) is 12.1 Å². The molecule has 1 aromatic heterocycles. The third-order valence-electron chi connectivity index (χ3n) is 2.60. The smallest absolute Gasteiger partial charge is 0.174 e. The van der Waals surface area contributed by atoms with Crippen molar-refractivity contribution in [2.45, 2.75) is 39.5 Å². The molecule has 4 nitrogen and oxygen atoms in total. The molecule has 0 spiro atoms. The molecule has 0 aliphatic heterocycles. The van der Waals surface area contributed by atoms with Gasteiger partial charge in [0.25, 0.3) is 0 Å². The van der Waals surface area contributed by atoms with Crippen molar-refractivity contribution in [2.24, 2.45) is 0 Å². The summed E-state index contributed by atoms with van der Waals surface area (Å²) in [5, 5.41) is 7.29. The summed E-state index contributed by atoms with van der Waals surface area (Å²) in [5.74, 6) is 0.949. The molecule has 2 aromatic rings. The highest BCUT2D eigenvalue weighted by Crippen LogP contribution is 2.14. The standard InChI is InChI=1S/C15H19FN2O2/c1-15(2,3)17-9-12-8-14(20-18-12)10-19-13-6-4-11(16)5-7-13/h4-8,17H,9-10H2,1-3H3. The van der Waals surface area contributed by atoms with Gasteiger partial charge in [-0.1, -0.05) is 5.16 Å². The summed E-state index contributed by atoms with van der Waals surface area (Å²) in [6, 6.07) is 7.71. The van der Waals surface area contributed by atoms with Crippen molar-refractivity contribution >= 4 is 0 Å². The summed E-state index contributed by atoms with van der Waals surface area (Å²) >= 11 is 0. The molecule has 0 saturated carbocycles. The van der Waals surface area contributed by atoms with E-state index >= 15 is 0 Å². The number of hydrogen-bond acceptors (Lipinski definition) is 4. The average molecular weight is 278 g/mol. The lowest BCUT2D eigenvalue weighted by Gasteiger charge is -2.19. The van der Waals surface area contributed by atoms with E-state index in [1.807, 2.05) is 6.07 Å². The number of nitrogens with zero attached hydrogens (tertiary/aromatic N) is 1. The Hall–Kier alpha value is -1.88. The first-order valence-corrected chi connectivity index (χ1v) is 6.50. The zero-order valence-electron chi connectivity index (χ0n) is 11.9. The lowest BCUT2D eigenvalue weighted by molar-refractivity contribution is 0.248. The van der Waals surface area contributed by atoms with Gasteiger partial charge in [-0.3, -0.25) is 0 Å². The number of nitrogens with one attached hydrogen (secondary N) is 1. The van der Waals surface area contributed by atoms with Crippen LogP contribution in [0.2, 0.25) is 0 Å². The van der Waals surface area contributed by atoms with Gasteiger partial charge in [0.15, 0.2) is 5.76 Å². The lowest BCUT2D eigenvalue weighted by atomic mass is 10.1. The van der Waals surface area contributed by atoms with E-state index < -0.39 is 0 Å². The quantitative estimate of drug-likeness (QED) is 0.911. The number of benzene rings is 1. The first-order valence-electron chi connectivity index (χ1n) is 6.50. The fraction of sp³-hybridized carbons (Fsp3) is 0.400. The molecule has 1 heterocycles. The Morgan fingerprint density at radius 1 is 1.25 bits per heavy atom. The molecule has 5 heteroatoms. The van der Waals surface area contributed by atoms with Crippen LogP contribution in [-0.2, 0) is 13.2 Å². The molecule has 2 rings (SSSR count). The molecule has 108 valence electrons. The van der Waals surface area contributed by atoms with Crippen LogP contribution >= 0.6 is 0 Å². The molecule has 20 heavy (non-hydrogen) atoms. The van der Waals surface area contributed by atoms with Gasteiger partial charge in [-0.25, -0.2) is 4.39 Å². The zero-order valence-corrected chi connectivity index (χ0v) is 11.9. The summed E-state index contributed by atoms with van der Waals surface area (Å²) < 4.78 is 23.4. The highest BCUT2D eigenvalue weighted by molar-refractivity contribution is 5.22. The lowest BCUT2D eigenvalue weighted by Crippen LogP contribution is -2.35. The predicted molar refractivity (Wildman–Crippen MR) is 73.8 cm³/mol. The normalized spacial score (nSPS) is 11.6. The van der Waals surface area contributed by atoms with Crippen LogP contribution in [0.1, 0.15) is 32.2 Å². The molecule has 0 aliphatic rings. The second-order valence-corrected chi connectivity index (χ2v) is 5.63. The van der Waals surface area contributed by atoms with Gasteiger partial charge in [0, 0.05) is 18.2 Å². The van der Waals surface area contributed by atoms with Crippen LogP contribution in [0.4, 0.5) is 4.39 Å². The summed E-state index contributed by atoms with van der Waals surface area (Å²) in [6.45, 7) is 7.18. The highest BCUT2D eigenvalue weighted by Gasteiger charge is 2.11. The van der Waals surface area contributed by atoms with Gasteiger partial charge in [0.1, 0.15) is 18.2 Å².